The fraction of sp³-hybridized carbons (Fsp3) is 0. The fourth-order valence-electron chi connectivity index (χ4n) is 9.44. The van der Waals surface area contributed by atoms with Gasteiger partial charge in [-0.15, -0.1) is 0 Å². The fourth-order valence-corrected chi connectivity index (χ4v) is 9.44. The van der Waals surface area contributed by atoms with Gasteiger partial charge in [0, 0.05) is 44.3 Å². The molecule has 3 heterocycles. The molecule has 12 rings (SSSR count). The van der Waals surface area contributed by atoms with Crippen LogP contribution >= 0.6 is 0 Å². The van der Waals surface area contributed by atoms with Crippen LogP contribution < -0.4 is 0 Å². The quantitative estimate of drug-likeness (QED) is 0.145. The van der Waals surface area contributed by atoms with Crippen LogP contribution in [0.1, 0.15) is 0 Å². The van der Waals surface area contributed by atoms with Crippen molar-refractivity contribution < 1.29 is 0 Å². The molecule has 0 unspecified atom stereocenters. The van der Waals surface area contributed by atoms with Gasteiger partial charge in [0.1, 0.15) is 5.69 Å². The molecule has 314 valence electrons. The van der Waals surface area contributed by atoms with E-state index in [1.165, 1.54) is 11.1 Å². The number of rotatable bonds is 9. The van der Waals surface area contributed by atoms with Gasteiger partial charge in [-0.2, -0.15) is 5.10 Å². The van der Waals surface area contributed by atoms with Crippen LogP contribution in [0.25, 0.3) is 117 Å². The number of aromatic nitrogens is 4. The van der Waals surface area contributed by atoms with Gasteiger partial charge < -0.3 is 0 Å². The van der Waals surface area contributed by atoms with Crippen molar-refractivity contribution in [3.63, 3.8) is 0 Å². The van der Waals surface area contributed by atoms with Crippen LogP contribution in [-0.4, -0.2) is 19.6 Å². The second kappa shape index (κ2) is 17.2. The van der Waals surface area contributed by atoms with Gasteiger partial charge >= 0.3 is 0 Å². The average Bonchev–Trinajstić information content (AvgIpc) is 3.83. The molecule has 0 atom stereocenters. The van der Waals surface area contributed by atoms with E-state index in [0.717, 1.165) is 100 Å². The lowest BCUT2D eigenvalue weighted by atomic mass is 9.90. The average molecular weight is 855 g/mol. The third-order valence-corrected chi connectivity index (χ3v) is 12.6. The van der Waals surface area contributed by atoms with Crippen molar-refractivity contribution in [2.45, 2.75) is 0 Å². The lowest BCUT2D eigenvalue weighted by Crippen LogP contribution is -2.00. The van der Waals surface area contributed by atoms with Crippen LogP contribution in [0.15, 0.2) is 255 Å². The molecule has 0 amide bonds. The third-order valence-electron chi connectivity index (χ3n) is 12.6. The van der Waals surface area contributed by atoms with Crippen LogP contribution in [0, 0.1) is 0 Å². The monoisotopic (exact) mass is 854 g/mol. The van der Waals surface area contributed by atoms with Gasteiger partial charge in [-0.05, 0) is 57.0 Å². The topological polar surface area (TPSA) is 43.1 Å². The predicted molar refractivity (Wildman–Crippen MR) is 277 cm³/mol. The van der Waals surface area contributed by atoms with Crippen LogP contribution in [0.5, 0.6) is 0 Å². The first kappa shape index (κ1) is 39.6. The molecule has 0 saturated heterocycles. The molecule has 0 aliphatic rings. The van der Waals surface area contributed by atoms with E-state index in [-0.39, 0.29) is 0 Å². The summed E-state index contributed by atoms with van der Waals surface area (Å²) in [5.74, 6) is 0.688. The minimum absolute atomic E-state index is 0.688. The second-order valence-corrected chi connectivity index (χ2v) is 16.8. The van der Waals surface area contributed by atoms with Crippen LogP contribution in [0.4, 0.5) is 0 Å². The van der Waals surface area contributed by atoms with Crippen molar-refractivity contribution in [3.8, 4) is 101 Å². The molecule has 4 heteroatoms. The van der Waals surface area contributed by atoms with Crippen LogP contribution in [-0.2, 0) is 0 Å². The van der Waals surface area contributed by atoms with E-state index in [0.29, 0.717) is 5.82 Å². The molecule has 67 heavy (non-hydrogen) atoms. The molecular formula is C63H42N4. The number of nitrogens with zero attached hydrogens (tertiary/aromatic N) is 4. The maximum Gasteiger partial charge on any atom is 0.160 e. The molecule has 0 bridgehead atoms. The highest BCUT2D eigenvalue weighted by atomic mass is 15.2. The first-order valence-corrected chi connectivity index (χ1v) is 22.7. The Morgan fingerprint density at radius 1 is 0.269 bits per heavy atom. The van der Waals surface area contributed by atoms with Gasteiger partial charge in [0.15, 0.2) is 5.82 Å². The summed E-state index contributed by atoms with van der Waals surface area (Å²) in [6.07, 6.45) is 0. The number of fused-ring (bicyclic) bond motifs is 3. The molecule has 0 radical (unpaired) electrons. The van der Waals surface area contributed by atoms with E-state index < -0.39 is 0 Å². The van der Waals surface area contributed by atoms with Gasteiger partial charge in [0.2, 0.25) is 0 Å². The largest absolute Gasteiger partial charge is 0.231 e. The van der Waals surface area contributed by atoms with Gasteiger partial charge in [0.25, 0.3) is 0 Å². The van der Waals surface area contributed by atoms with E-state index in [1.807, 2.05) is 24.3 Å². The zero-order valence-electron chi connectivity index (χ0n) is 36.5. The van der Waals surface area contributed by atoms with E-state index in [2.05, 4.69) is 235 Å². The predicted octanol–water partition coefficient (Wildman–Crippen LogP) is 16.3. The Hall–Kier alpha value is -8.99. The zero-order valence-corrected chi connectivity index (χ0v) is 36.5. The summed E-state index contributed by atoms with van der Waals surface area (Å²) in [5, 5.41) is 7.88. The van der Waals surface area contributed by atoms with Crippen molar-refractivity contribution in [3.05, 3.63) is 255 Å². The third kappa shape index (κ3) is 7.47. The molecule has 4 nitrogen and oxygen atoms in total. The Balaban J connectivity index is 1.02. The maximum absolute atomic E-state index is 5.58. The number of hydrogen-bond donors (Lipinski definition) is 0. The molecule has 0 spiro atoms. The maximum atomic E-state index is 5.58. The zero-order chi connectivity index (χ0) is 44.5. The number of hydrogen-bond acceptors (Lipinski definition) is 3. The Morgan fingerprint density at radius 2 is 0.701 bits per heavy atom. The molecule has 0 N–H and O–H groups in total. The Morgan fingerprint density at radius 3 is 1.33 bits per heavy atom. The van der Waals surface area contributed by atoms with Crippen molar-refractivity contribution in [2.24, 2.45) is 0 Å². The number of benzene rings is 9. The van der Waals surface area contributed by atoms with Gasteiger partial charge in [0.05, 0.1) is 22.6 Å². The van der Waals surface area contributed by atoms with Gasteiger partial charge in [-0.1, -0.05) is 237 Å². The van der Waals surface area contributed by atoms with E-state index in [1.54, 1.807) is 0 Å². The number of pyridine rings is 1. The van der Waals surface area contributed by atoms with Gasteiger partial charge in [-0.25, -0.2) is 14.5 Å². The molecule has 0 fully saturated rings. The Labute approximate surface area is 389 Å². The summed E-state index contributed by atoms with van der Waals surface area (Å²) in [6, 6.07) is 89.9. The van der Waals surface area contributed by atoms with E-state index >= 15 is 0 Å². The molecule has 0 aliphatic carbocycles. The highest BCUT2D eigenvalue weighted by Gasteiger charge is 2.25. The molecule has 12 aromatic rings. The Kier molecular flexibility index (Phi) is 10.2. The van der Waals surface area contributed by atoms with Gasteiger partial charge in [-0.3, -0.25) is 0 Å². The molecule has 0 aliphatic heterocycles. The van der Waals surface area contributed by atoms with Crippen molar-refractivity contribution >= 4 is 16.3 Å². The summed E-state index contributed by atoms with van der Waals surface area (Å²) in [5.41, 5.74) is 19.0. The minimum Gasteiger partial charge on any atom is -0.231 e. The molecule has 9 aromatic carbocycles. The summed E-state index contributed by atoms with van der Waals surface area (Å²) in [4.78, 5) is 10.3. The minimum atomic E-state index is 0.688. The van der Waals surface area contributed by atoms with Crippen molar-refractivity contribution in [1.29, 1.82) is 0 Å². The van der Waals surface area contributed by atoms with Crippen molar-refractivity contribution in [1.82, 2.24) is 19.6 Å². The lowest BCUT2D eigenvalue weighted by Gasteiger charge is -2.18. The smallest absolute Gasteiger partial charge is 0.160 e. The summed E-state index contributed by atoms with van der Waals surface area (Å²) in [7, 11) is 0. The summed E-state index contributed by atoms with van der Waals surface area (Å²) < 4.78 is 2.21. The standard InChI is InChI=1S/C63H42N4/c1-6-20-43(21-7-1)44-36-38-45(39-37-44)56-42-57(65-63(64-56)49-28-14-5-15-29-49)52-32-18-30-50(40-52)51-31-19-33-53(41-51)58-54-34-16-17-35-55(54)62-59(46-22-8-2-9-23-46)60(47-24-10-3-11-25-47)66-67(62)61(58)48-26-12-4-13-27-48/h1-42H. The summed E-state index contributed by atoms with van der Waals surface area (Å²) in [6.45, 7) is 0. The SMILES string of the molecule is c1ccc(-c2ccc(-c3cc(-c4cccc(-c5cccc(-c6c(-c7ccccc7)n7nc(-c8ccccc8)c(-c8ccccc8)c7c7ccccc67)c5)c4)nc(-c4ccccc4)n3)cc2)cc1. The highest BCUT2D eigenvalue weighted by molar-refractivity contribution is 6.15. The summed E-state index contributed by atoms with van der Waals surface area (Å²) >= 11 is 0. The first-order valence-electron chi connectivity index (χ1n) is 22.7. The normalized spacial score (nSPS) is 11.3. The molecule has 3 aromatic heterocycles. The first-order chi connectivity index (χ1) is 33.2. The Bertz CT molecular complexity index is 3700. The molecule has 0 saturated carbocycles. The van der Waals surface area contributed by atoms with Crippen LogP contribution in [0.3, 0.4) is 0 Å². The van der Waals surface area contributed by atoms with Crippen LogP contribution in [0.2, 0.25) is 0 Å². The van der Waals surface area contributed by atoms with E-state index in [4.69, 9.17) is 15.1 Å². The lowest BCUT2D eigenvalue weighted by molar-refractivity contribution is 0.981. The highest BCUT2D eigenvalue weighted by Crippen LogP contribution is 2.46. The second-order valence-electron chi connectivity index (χ2n) is 16.8. The molecular weight excluding hydrogens is 813 g/mol. The van der Waals surface area contributed by atoms with Crippen molar-refractivity contribution in [2.75, 3.05) is 0 Å². The van der Waals surface area contributed by atoms with E-state index in [9.17, 15) is 0 Å².